The number of halogens is 1. The average molecular weight is 486 g/mol. The molecule has 8 nitrogen and oxygen atoms in total. The highest BCUT2D eigenvalue weighted by molar-refractivity contribution is 9.10. The second-order valence-corrected chi connectivity index (χ2v) is 8.74. The first-order valence-electron chi connectivity index (χ1n) is 8.82. The molecular formula is C20H16BrN5O3S. The first kappa shape index (κ1) is 20.0. The summed E-state index contributed by atoms with van der Waals surface area (Å²) in [6.07, 6.45) is 3.49. The third-order valence-corrected chi connectivity index (χ3v) is 6.55. The Hall–Kier alpha value is -3.24. The van der Waals surface area contributed by atoms with Gasteiger partial charge in [-0.15, -0.1) is 10.2 Å². The lowest BCUT2D eigenvalue weighted by molar-refractivity contribution is 0.454. The molecule has 0 amide bonds. The first-order chi connectivity index (χ1) is 14.4. The zero-order chi connectivity index (χ0) is 21.1. The van der Waals surface area contributed by atoms with Gasteiger partial charge in [0.15, 0.2) is 5.82 Å². The van der Waals surface area contributed by atoms with Gasteiger partial charge >= 0.3 is 0 Å². The zero-order valence-corrected chi connectivity index (χ0v) is 18.1. The number of imidazole rings is 1. The molecular weight excluding hydrogens is 470 g/mol. The highest BCUT2D eigenvalue weighted by Gasteiger charge is 2.17. The van der Waals surface area contributed by atoms with E-state index in [0.717, 1.165) is 5.82 Å². The standard InChI is InChI=1S/C20H16BrN5O3S/c1-14-22-12-13-26(14)19-10-11-20(24-23-19)29-16-8-6-15(7-9-16)25-30(27,28)18-5-3-2-4-17(18)21/h2-13,25H,1H3. The lowest BCUT2D eigenvalue weighted by Crippen LogP contribution is -2.13. The minimum absolute atomic E-state index is 0.161. The Morgan fingerprint density at radius 3 is 2.40 bits per heavy atom. The molecule has 0 aliphatic rings. The summed E-state index contributed by atoms with van der Waals surface area (Å²) in [5.74, 6) is 2.26. The van der Waals surface area contributed by atoms with Crippen LogP contribution in [0, 0.1) is 6.92 Å². The van der Waals surface area contributed by atoms with E-state index in [9.17, 15) is 8.42 Å². The van der Waals surface area contributed by atoms with Crippen LogP contribution < -0.4 is 9.46 Å². The summed E-state index contributed by atoms with van der Waals surface area (Å²) in [5, 5.41) is 8.20. The number of aryl methyl sites for hydroxylation is 1. The molecule has 0 saturated carbocycles. The molecule has 0 aliphatic carbocycles. The maximum absolute atomic E-state index is 12.6. The number of hydrogen-bond donors (Lipinski definition) is 1. The Morgan fingerprint density at radius 1 is 1.00 bits per heavy atom. The Kier molecular flexibility index (Phi) is 5.51. The summed E-state index contributed by atoms with van der Waals surface area (Å²) in [6.45, 7) is 1.87. The largest absolute Gasteiger partial charge is 0.438 e. The van der Waals surface area contributed by atoms with Crippen molar-refractivity contribution in [2.24, 2.45) is 0 Å². The maximum atomic E-state index is 12.6. The van der Waals surface area contributed by atoms with E-state index in [1.807, 2.05) is 11.5 Å². The van der Waals surface area contributed by atoms with E-state index in [2.05, 4.69) is 35.8 Å². The third kappa shape index (κ3) is 4.34. The molecule has 2 aromatic carbocycles. The molecule has 0 aliphatic heterocycles. The highest BCUT2D eigenvalue weighted by Crippen LogP contribution is 2.26. The van der Waals surface area contributed by atoms with Gasteiger partial charge in [-0.25, -0.2) is 13.4 Å². The normalized spacial score (nSPS) is 11.3. The number of aromatic nitrogens is 4. The van der Waals surface area contributed by atoms with Crippen LogP contribution in [0.5, 0.6) is 11.6 Å². The molecule has 0 atom stereocenters. The van der Waals surface area contributed by atoms with Crippen molar-refractivity contribution in [3.63, 3.8) is 0 Å². The number of anilines is 1. The Bertz CT molecular complexity index is 1270. The van der Waals surface area contributed by atoms with Crippen LogP contribution in [0.25, 0.3) is 5.82 Å². The summed E-state index contributed by atoms with van der Waals surface area (Å²) in [7, 11) is -3.71. The Balaban J connectivity index is 1.45. The summed E-state index contributed by atoms with van der Waals surface area (Å²) in [4.78, 5) is 4.31. The van der Waals surface area contributed by atoms with E-state index in [1.165, 1.54) is 6.07 Å². The molecule has 2 heterocycles. The first-order valence-corrected chi connectivity index (χ1v) is 11.1. The number of hydrogen-bond acceptors (Lipinski definition) is 6. The molecule has 0 fully saturated rings. The fourth-order valence-corrected chi connectivity index (χ4v) is 4.76. The van der Waals surface area contributed by atoms with Gasteiger partial charge in [0, 0.05) is 28.6 Å². The van der Waals surface area contributed by atoms with Crippen LogP contribution >= 0.6 is 15.9 Å². The summed E-state index contributed by atoms with van der Waals surface area (Å²) in [6, 6.07) is 16.6. The number of sulfonamides is 1. The molecule has 0 spiro atoms. The van der Waals surface area contributed by atoms with Crippen LogP contribution in [-0.4, -0.2) is 28.2 Å². The van der Waals surface area contributed by atoms with Crippen LogP contribution in [0.4, 0.5) is 5.69 Å². The van der Waals surface area contributed by atoms with Crippen molar-refractivity contribution in [2.75, 3.05) is 4.72 Å². The predicted octanol–water partition coefficient (Wildman–Crippen LogP) is 4.33. The average Bonchev–Trinajstić information content (AvgIpc) is 3.16. The van der Waals surface area contributed by atoms with Gasteiger partial charge in [0.2, 0.25) is 5.88 Å². The van der Waals surface area contributed by atoms with E-state index in [0.29, 0.717) is 27.6 Å². The second-order valence-electron chi connectivity index (χ2n) is 6.24. The zero-order valence-electron chi connectivity index (χ0n) is 15.7. The molecule has 10 heteroatoms. The van der Waals surface area contributed by atoms with Crippen molar-refractivity contribution >= 4 is 31.6 Å². The van der Waals surface area contributed by atoms with E-state index in [-0.39, 0.29) is 4.90 Å². The highest BCUT2D eigenvalue weighted by atomic mass is 79.9. The topological polar surface area (TPSA) is 99.0 Å². The molecule has 4 rings (SSSR count). The SMILES string of the molecule is Cc1nccn1-c1ccc(Oc2ccc(NS(=O)(=O)c3ccccc3Br)cc2)nn1. The lowest BCUT2D eigenvalue weighted by atomic mass is 10.3. The molecule has 1 N–H and O–H groups in total. The van der Waals surface area contributed by atoms with Crippen LogP contribution in [0.2, 0.25) is 0 Å². The van der Waals surface area contributed by atoms with E-state index >= 15 is 0 Å². The van der Waals surface area contributed by atoms with Gasteiger partial charge < -0.3 is 4.74 Å². The Morgan fingerprint density at radius 2 is 1.77 bits per heavy atom. The van der Waals surface area contributed by atoms with Crippen LogP contribution in [-0.2, 0) is 10.0 Å². The van der Waals surface area contributed by atoms with Gasteiger partial charge in [-0.05, 0) is 65.3 Å². The predicted molar refractivity (Wildman–Crippen MR) is 115 cm³/mol. The molecule has 152 valence electrons. The minimum Gasteiger partial charge on any atom is -0.438 e. The van der Waals surface area contributed by atoms with Gasteiger partial charge in [0.05, 0.1) is 0 Å². The van der Waals surface area contributed by atoms with Gasteiger partial charge in [-0.1, -0.05) is 12.1 Å². The van der Waals surface area contributed by atoms with Crippen molar-refractivity contribution in [1.29, 1.82) is 0 Å². The molecule has 0 bridgehead atoms. The van der Waals surface area contributed by atoms with Crippen LogP contribution in [0.1, 0.15) is 5.82 Å². The number of nitrogens with zero attached hydrogens (tertiary/aromatic N) is 4. The minimum atomic E-state index is -3.71. The van der Waals surface area contributed by atoms with E-state index in [4.69, 9.17) is 4.74 Å². The fourth-order valence-electron chi connectivity index (χ4n) is 2.70. The van der Waals surface area contributed by atoms with Gasteiger partial charge in [-0.3, -0.25) is 9.29 Å². The molecule has 0 radical (unpaired) electrons. The summed E-state index contributed by atoms with van der Waals surface area (Å²) >= 11 is 3.26. The smallest absolute Gasteiger partial charge is 0.263 e. The molecule has 0 unspecified atom stereocenters. The van der Waals surface area contributed by atoms with E-state index < -0.39 is 10.0 Å². The molecule has 0 saturated heterocycles. The number of nitrogens with one attached hydrogen (secondary N) is 1. The van der Waals surface area contributed by atoms with Gasteiger partial charge in [0.25, 0.3) is 10.0 Å². The lowest BCUT2D eigenvalue weighted by Gasteiger charge is -2.10. The van der Waals surface area contributed by atoms with Crippen molar-refractivity contribution < 1.29 is 13.2 Å². The second kappa shape index (κ2) is 8.25. The maximum Gasteiger partial charge on any atom is 0.263 e. The van der Waals surface area contributed by atoms with Gasteiger partial charge in [0.1, 0.15) is 16.5 Å². The monoisotopic (exact) mass is 485 g/mol. The van der Waals surface area contributed by atoms with Gasteiger partial charge in [-0.2, -0.15) is 0 Å². The van der Waals surface area contributed by atoms with Crippen molar-refractivity contribution in [3.05, 3.63) is 83.4 Å². The molecule has 30 heavy (non-hydrogen) atoms. The third-order valence-electron chi connectivity index (χ3n) is 4.15. The molecule has 4 aromatic rings. The number of rotatable bonds is 6. The van der Waals surface area contributed by atoms with Crippen LogP contribution in [0.15, 0.2) is 82.4 Å². The fraction of sp³-hybridized carbons (Fsp3) is 0.0500. The van der Waals surface area contributed by atoms with Crippen LogP contribution in [0.3, 0.4) is 0 Å². The van der Waals surface area contributed by atoms with Crippen molar-refractivity contribution in [1.82, 2.24) is 19.7 Å². The Labute approximate surface area is 181 Å². The van der Waals surface area contributed by atoms with Crippen molar-refractivity contribution in [3.8, 4) is 17.4 Å². The van der Waals surface area contributed by atoms with Crippen molar-refractivity contribution in [2.45, 2.75) is 11.8 Å². The quantitative estimate of drug-likeness (QED) is 0.436. The summed E-state index contributed by atoms with van der Waals surface area (Å²) in [5.41, 5.74) is 0.412. The van der Waals surface area contributed by atoms with E-state index in [1.54, 1.807) is 67.0 Å². The molecule has 2 aromatic heterocycles. The summed E-state index contributed by atoms with van der Waals surface area (Å²) < 4.78 is 35.6. The number of ether oxygens (including phenoxy) is 1. The number of benzene rings is 2.